The number of ether oxygens (including phenoxy) is 1. The van der Waals surface area contributed by atoms with E-state index in [9.17, 15) is 9.59 Å². The fraction of sp³-hybridized carbons (Fsp3) is 0.529. The van der Waals surface area contributed by atoms with Gasteiger partial charge in [0.1, 0.15) is 6.04 Å². The van der Waals surface area contributed by atoms with Crippen molar-refractivity contribution in [1.82, 2.24) is 5.32 Å². The van der Waals surface area contributed by atoms with Crippen LogP contribution in [0.5, 0.6) is 0 Å². The third-order valence-electron chi connectivity index (χ3n) is 3.58. The summed E-state index contributed by atoms with van der Waals surface area (Å²) < 4.78 is 5.26. The lowest BCUT2D eigenvalue weighted by Crippen LogP contribution is -2.46. The minimum absolute atomic E-state index is 0.340. The maximum atomic E-state index is 12.3. The topological polar surface area (TPSA) is 81.4 Å². The first-order chi connectivity index (χ1) is 10.6. The molecular formula is C17H26N2O3. The van der Waals surface area contributed by atoms with Crippen LogP contribution in [0.15, 0.2) is 30.3 Å². The smallest absolute Gasteiger partial charge is 0.254 e. The number of carbonyl (C=O) groups is 2. The van der Waals surface area contributed by atoms with E-state index in [-0.39, 0.29) is 5.91 Å². The molecule has 1 aromatic carbocycles. The molecular weight excluding hydrogens is 280 g/mol. The van der Waals surface area contributed by atoms with Crippen LogP contribution in [0.1, 0.15) is 50.7 Å². The Morgan fingerprint density at radius 3 is 2.41 bits per heavy atom. The SMILES string of the molecule is CCCCCC[C@@H](NC(=O)[C@H](OC)c1ccccc1)C(N)=O. The van der Waals surface area contributed by atoms with Gasteiger partial charge < -0.3 is 15.8 Å². The molecule has 3 N–H and O–H groups in total. The fourth-order valence-corrected chi connectivity index (χ4v) is 2.33. The van der Waals surface area contributed by atoms with Crippen molar-refractivity contribution in [1.29, 1.82) is 0 Å². The Morgan fingerprint density at radius 1 is 1.18 bits per heavy atom. The van der Waals surface area contributed by atoms with E-state index in [1.54, 1.807) is 0 Å². The van der Waals surface area contributed by atoms with Crippen LogP contribution in [0.25, 0.3) is 0 Å². The normalized spacial score (nSPS) is 13.4. The van der Waals surface area contributed by atoms with Crippen molar-refractivity contribution < 1.29 is 14.3 Å². The molecule has 2 atom stereocenters. The molecule has 0 aliphatic carbocycles. The molecule has 1 rings (SSSR count). The highest BCUT2D eigenvalue weighted by atomic mass is 16.5. The second kappa shape index (κ2) is 9.95. The lowest BCUT2D eigenvalue weighted by atomic mass is 10.0. The number of amides is 2. The maximum Gasteiger partial charge on any atom is 0.254 e. The number of nitrogens with two attached hydrogens (primary N) is 1. The lowest BCUT2D eigenvalue weighted by Gasteiger charge is -2.20. The highest BCUT2D eigenvalue weighted by Crippen LogP contribution is 2.17. The van der Waals surface area contributed by atoms with Crippen molar-refractivity contribution in [2.45, 2.75) is 51.2 Å². The molecule has 2 amide bonds. The van der Waals surface area contributed by atoms with Crippen molar-refractivity contribution in [2.75, 3.05) is 7.11 Å². The first-order valence-corrected chi connectivity index (χ1v) is 7.77. The molecule has 0 saturated heterocycles. The van der Waals surface area contributed by atoms with Crippen LogP contribution < -0.4 is 11.1 Å². The van der Waals surface area contributed by atoms with Crippen LogP contribution in [0.2, 0.25) is 0 Å². The van der Waals surface area contributed by atoms with E-state index in [1.807, 2.05) is 30.3 Å². The number of unbranched alkanes of at least 4 members (excludes halogenated alkanes) is 3. The third-order valence-corrected chi connectivity index (χ3v) is 3.58. The Kier molecular flexibility index (Phi) is 8.22. The van der Waals surface area contributed by atoms with Crippen LogP contribution in [0.4, 0.5) is 0 Å². The van der Waals surface area contributed by atoms with Gasteiger partial charge in [0, 0.05) is 7.11 Å². The van der Waals surface area contributed by atoms with E-state index in [2.05, 4.69) is 12.2 Å². The molecule has 0 unspecified atom stereocenters. The molecule has 0 heterocycles. The summed E-state index contributed by atoms with van der Waals surface area (Å²) in [5.41, 5.74) is 6.13. The predicted octanol–water partition coefficient (Wildman–Crippen LogP) is 2.31. The number of nitrogens with one attached hydrogen (secondary N) is 1. The number of methoxy groups -OCH3 is 1. The number of hydrogen-bond donors (Lipinski definition) is 2. The minimum atomic E-state index is -0.737. The van der Waals surface area contributed by atoms with Crippen molar-refractivity contribution in [3.8, 4) is 0 Å². The quantitative estimate of drug-likeness (QED) is 0.651. The molecule has 0 aliphatic rings. The third kappa shape index (κ3) is 5.85. The summed E-state index contributed by atoms with van der Waals surface area (Å²) in [5, 5.41) is 2.70. The number of primary amides is 1. The number of rotatable bonds is 10. The van der Waals surface area contributed by atoms with E-state index in [0.29, 0.717) is 6.42 Å². The van der Waals surface area contributed by atoms with Crippen LogP contribution in [-0.2, 0) is 14.3 Å². The number of benzene rings is 1. The summed E-state index contributed by atoms with van der Waals surface area (Å²) >= 11 is 0. The van der Waals surface area contributed by atoms with Crippen molar-refractivity contribution in [3.63, 3.8) is 0 Å². The van der Waals surface area contributed by atoms with Gasteiger partial charge in [-0.1, -0.05) is 62.9 Å². The number of carbonyl (C=O) groups excluding carboxylic acids is 2. The molecule has 0 spiro atoms. The Hall–Kier alpha value is -1.88. The van der Waals surface area contributed by atoms with Crippen molar-refractivity contribution in [2.24, 2.45) is 5.73 Å². The molecule has 122 valence electrons. The maximum absolute atomic E-state index is 12.3. The molecule has 0 radical (unpaired) electrons. The second-order valence-corrected chi connectivity index (χ2v) is 5.34. The van der Waals surface area contributed by atoms with E-state index < -0.39 is 18.1 Å². The summed E-state index contributed by atoms with van der Waals surface area (Å²) in [6, 6.07) is 8.53. The fourth-order valence-electron chi connectivity index (χ4n) is 2.33. The predicted molar refractivity (Wildman–Crippen MR) is 86.1 cm³/mol. The molecule has 0 aromatic heterocycles. The van der Waals surface area contributed by atoms with Crippen LogP contribution in [-0.4, -0.2) is 25.0 Å². The molecule has 5 nitrogen and oxygen atoms in total. The Bertz CT molecular complexity index is 462. The summed E-state index contributed by atoms with van der Waals surface area (Å²) in [7, 11) is 1.47. The van der Waals surface area contributed by atoms with E-state index in [4.69, 9.17) is 10.5 Å². The van der Waals surface area contributed by atoms with Crippen LogP contribution in [0.3, 0.4) is 0 Å². The van der Waals surface area contributed by atoms with E-state index in [0.717, 1.165) is 31.2 Å². The van der Waals surface area contributed by atoms with Gasteiger partial charge in [0.15, 0.2) is 6.10 Å². The summed E-state index contributed by atoms with van der Waals surface area (Å²) in [5.74, 6) is -0.847. The molecule has 0 aliphatic heterocycles. The molecule has 0 bridgehead atoms. The van der Waals surface area contributed by atoms with E-state index >= 15 is 0 Å². The molecule has 1 aromatic rings. The van der Waals surface area contributed by atoms with Gasteiger partial charge in [-0.25, -0.2) is 0 Å². The highest BCUT2D eigenvalue weighted by molar-refractivity contribution is 5.89. The average molecular weight is 306 g/mol. The van der Waals surface area contributed by atoms with Gasteiger partial charge in [-0.15, -0.1) is 0 Å². The summed E-state index contributed by atoms with van der Waals surface area (Å²) in [6.07, 6.45) is 3.95. The van der Waals surface area contributed by atoms with Crippen molar-refractivity contribution in [3.05, 3.63) is 35.9 Å². The summed E-state index contributed by atoms with van der Waals surface area (Å²) in [6.45, 7) is 2.12. The average Bonchev–Trinajstić information content (AvgIpc) is 2.52. The van der Waals surface area contributed by atoms with Crippen molar-refractivity contribution >= 4 is 11.8 Å². The van der Waals surface area contributed by atoms with Crippen LogP contribution in [0, 0.1) is 0 Å². The monoisotopic (exact) mass is 306 g/mol. The standard InChI is InChI=1S/C17H26N2O3/c1-3-4-5-9-12-14(16(18)20)19-17(21)15(22-2)13-10-7-6-8-11-13/h6-8,10-11,14-15H,3-5,9,12H2,1-2H3,(H2,18,20)(H,19,21)/t14-,15-/m1/s1. The lowest BCUT2D eigenvalue weighted by molar-refractivity contribution is -0.135. The second-order valence-electron chi connectivity index (χ2n) is 5.34. The van der Waals surface area contributed by atoms with Gasteiger partial charge in [-0.2, -0.15) is 0 Å². The minimum Gasteiger partial charge on any atom is -0.368 e. The van der Waals surface area contributed by atoms with E-state index in [1.165, 1.54) is 7.11 Å². The largest absolute Gasteiger partial charge is 0.368 e. The molecule has 22 heavy (non-hydrogen) atoms. The van der Waals surface area contributed by atoms with Crippen LogP contribution >= 0.6 is 0 Å². The zero-order valence-corrected chi connectivity index (χ0v) is 13.4. The number of hydrogen-bond acceptors (Lipinski definition) is 3. The first-order valence-electron chi connectivity index (χ1n) is 7.77. The molecule has 0 saturated carbocycles. The van der Waals surface area contributed by atoms with Gasteiger partial charge in [0.2, 0.25) is 5.91 Å². The van der Waals surface area contributed by atoms with Gasteiger partial charge in [-0.3, -0.25) is 9.59 Å². The Labute approximate surface area is 132 Å². The Morgan fingerprint density at radius 2 is 1.86 bits per heavy atom. The van der Waals surface area contributed by atoms with Gasteiger partial charge in [0.05, 0.1) is 0 Å². The molecule has 0 fully saturated rings. The zero-order valence-electron chi connectivity index (χ0n) is 13.4. The molecule has 5 heteroatoms. The zero-order chi connectivity index (χ0) is 16.4. The van der Waals surface area contributed by atoms with Gasteiger partial charge >= 0.3 is 0 Å². The van der Waals surface area contributed by atoms with Gasteiger partial charge in [-0.05, 0) is 12.0 Å². The highest BCUT2D eigenvalue weighted by Gasteiger charge is 2.24. The van der Waals surface area contributed by atoms with Gasteiger partial charge in [0.25, 0.3) is 5.91 Å². The summed E-state index contributed by atoms with van der Waals surface area (Å²) in [4.78, 5) is 23.8. The Balaban J connectivity index is 2.63. The first kappa shape index (κ1) is 18.2.